The molecule has 0 saturated heterocycles. The van der Waals surface area contributed by atoms with Crippen LogP contribution in [0.3, 0.4) is 0 Å². The molecule has 0 aromatic heterocycles. The Labute approximate surface area is 96.9 Å². The third kappa shape index (κ3) is 4.02. The van der Waals surface area contributed by atoms with Crippen molar-refractivity contribution in [2.45, 2.75) is 6.61 Å². The maximum atomic E-state index is 10.7. The number of rotatable bonds is 5. The van der Waals surface area contributed by atoms with Gasteiger partial charge in [-0.05, 0) is 11.0 Å². The molecule has 17 heavy (non-hydrogen) atoms. The molecular weight excluding hydrogens is 231 g/mol. The highest BCUT2D eigenvalue weighted by atomic mass is 17.2. The van der Waals surface area contributed by atoms with Crippen molar-refractivity contribution < 1.29 is 29.7 Å². The van der Waals surface area contributed by atoms with Gasteiger partial charge >= 0.3 is 13.2 Å². The van der Waals surface area contributed by atoms with Gasteiger partial charge in [-0.2, -0.15) is 0 Å². The van der Waals surface area contributed by atoms with Crippen LogP contribution in [0.25, 0.3) is 0 Å². The number of ether oxygens (including phenoxy) is 1. The van der Waals surface area contributed by atoms with Gasteiger partial charge in [0.05, 0.1) is 0 Å². The van der Waals surface area contributed by atoms with Gasteiger partial charge in [-0.15, -0.1) is 0 Å². The minimum Gasteiger partial charge on any atom is -0.444 e. The molecule has 0 atom stereocenters. The molecule has 1 aromatic carbocycles. The van der Waals surface area contributed by atoms with Crippen LogP contribution in [0.1, 0.15) is 5.56 Å². The van der Waals surface area contributed by atoms with E-state index >= 15 is 0 Å². The van der Waals surface area contributed by atoms with E-state index in [-0.39, 0.29) is 6.61 Å². The van der Waals surface area contributed by atoms with Crippen molar-refractivity contribution in [2.24, 2.45) is 5.84 Å². The Balaban J connectivity index is 2.58. The third-order valence-electron chi connectivity index (χ3n) is 1.93. The first-order valence-corrected chi connectivity index (χ1v) is 4.54. The predicted molar refractivity (Wildman–Crippen MR) is 56.8 cm³/mol. The minimum atomic E-state index is -1.28. The molecule has 0 aliphatic carbocycles. The molecule has 0 fully saturated rings. The van der Waals surface area contributed by atoms with Gasteiger partial charge in [0.2, 0.25) is 0 Å². The maximum absolute atomic E-state index is 10.7. The van der Waals surface area contributed by atoms with Crippen LogP contribution in [0, 0.1) is 0 Å². The van der Waals surface area contributed by atoms with Gasteiger partial charge in [0.15, 0.2) is 0 Å². The number of hydrogen-bond donors (Lipinski definition) is 4. The fourth-order valence-electron chi connectivity index (χ4n) is 1.10. The van der Waals surface area contributed by atoms with E-state index in [1.807, 2.05) is 5.43 Å². The molecule has 0 heterocycles. The normalized spacial score (nSPS) is 9.82. The smallest absolute Gasteiger partial charge is 0.444 e. The zero-order valence-corrected chi connectivity index (χ0v) is 8.70. The van der Waals surface area contributed by atoms with Crippen molar-refractivity contribution >= 4 is 18.7 Å². The highest BCUT2D eigenvalue weighted by molar-refractivity contribution is 6.60. The Kier molecular flexibility index (Phi) is 5.40. The Morgan fingerprint density at radius 1 is 1.29 bits per heavy atom. The first kappa shape index (κ1) is 13.4. The molecule has 0 aliphatic heterocycles. The van der Waals surface area contributed by atoms with Gasteiger partial charge in [-0.3, -0.25) is 25.6 Å². The monoisotopic (exact) mass is 242 g/mol. The van der Waals surface area contributed by atoms with Gasteiger partial charge < -0.3 is 4.74 Å². The summed E-state index contributed by atoms with van der Waals surface area (Å²) in [5, 5.41) is 16.8. The minimum absolute atomic E-state index is 0.0357. The number of carbonyl (C=O) groups is 1. The van der Waals surface area contributed by atoms with E-state index in [9.17, 15) is 4.79 Å². The lowest BCUT2D eigenvalue weighted by Gasteiger charge is -2.07. The van der Waals surface area contributed by atoms with Crippen molar-refractivity contribution in [3.63, 3.8) is 0 Å². The molecule has 1 amide bonds. The molecule has 92 valence electrons. The molecule has 5 N–H and O–H groups in total. The molecule has 8 nitrogen and oxygen atoms in total. The number of nitrogens with one attached hydrogen (secondary N) is 1. The van der Waals surface area contributed by atoms with E-state index in [0.717, 1.165) is 0 Å². The third-order valence-corrected chi connectivity index (χ3v) is 1.93. The molecule has 0 spiro atoms. The molecule has 0 aliphatic rings. The summed E-state index contributed by atoms with van der Waals surface area (Å²) in [6, 6.07) is 6.25. The summed E-state index contributed by atoms with van der Waals surface area (Å²) in [6.07, 6.45) is -0.746. The van der Waals surface area contributed by atoms with Crippen molar-refractivity contribution in [2.75, 3.05) is 0 Å². The lowest BCUT2D eigenvalue weighted by atomic mass is 9.80. The van der Waals surface area contributed by atoms with E-state index in [0.29, 0.717) is 11.0 Å². The standard InChI is InChI=1S/C8H11BN2O6/c10-11-8(12)15-5-6-1-3-7(4-2-6)9(16-13)17-14/h1-4,13-14H,5,10H2,(H,11,12). The highest BCUT2D eigenvalue weighted by Crippen LogP contribution is 2.01. The fourth-order valence-corrected chi connectivity index (χ4v) is 1.10. The highest BCUT2D eigenvalue weighted by Gasteiger charge is 2.21. The first-order chi connectivity index (χ1) is 8.21. The van der Waals surface area contributed by atoms with Gasteiger partial charge in [-0.1, -0.05) is 24.3 Å². The summed E-state index contributed by atoms with van der Waals surface area (Å²) in [5.74, 6) is 4.82. The predicted octanol–water partition coefficient (Wildman–Crippen LogP) is -0.539. The maximum Gasteiger partial charge on any atom is 0.554 e. The van der Waals surface area contributed by atoms with Crippen molar-refractivity contribution in [3.8, 4) is 0 Å². The van der Waals surface area contributed by atoms with Crippen LogP contribution in [-0.2, 0) is 21.0 Å². The largest absolute Gasteiger partial charge is 0.554 e. The molecule has 0 bridgehead atoms. The topological polar surface area (TPSA) is 123 Å². The van der Waals surface area contributed by atoms with Crippen molar-refractivity contribution in [1.29, 1.82) is 0 Å². The van der Waals surface area contributed by atoms with Crippen LogP contribution in [-0.4, -0.2) is 23.7 Å². The van der Waals surface area contributed by atoms with Crippen LogP contribution in [0.5, 0.6) is 0 Å². The molecular formula is C8H11BN2O6. The Morgan fingerprint density at radius 3 is 2.35 bits per heavy atom. The van der Waals surface area contributed by atoms with Crippen LogP contribution in [0.4, 0.5) is 4.79 Å². The molecule has 1 rings (SSSR count). The zero-order chi connectivity index (χ0) is 12.7. The summed E-state index contributed by atoms with van der Waals surface area (Å²) < 4.78 is 4.69. The average Bonchev–Trinajstić information content (AvgIpc) is 2.38. The molecule has 0 saturated carbocycles. The number of benzene rings is 1. The fraction of sp³-hybridized carbons (Fsp3) is 0.125. The lowest BCUT2D eigenvalue weighted by Crippen LogP contribution is -2.35. The second-order valence-corrected chi connectivity index (χ2v) is 3.00. The van der Waals surface area contributed by atoms with Crippen molar-refractivity contribution in [1.82, 2.24) is 5.43 Å². The summed E-state index contributed by atoms with van der Waals surface area (Å²) in [6.45, 7) is 0.0357. The molecule has 9 heteroatoms. The van der Waals surface area contributed by atoms with E-state index in [1.165, 1.54) is 12.1 Å². The van der Waals surface area contributed by atoms with Gasteiger partial charge in [0, 0.05) is 0 Å². The van der Waals surface area contributed by atoms with Crippen molar-refractivity contribution in [3.05, 3.63) is 29.8 Å². The van der Waals surface area contributed by atoms with E-state index in [2.05, 4.69) is 9.61 Å². The Bertz CT molecular complexity index is 356. The Morgan fingerprint density at radius 2 is 1.88 bits per heavy atom. The lowest BCUT2D eigenvalue weighted by molar-refractivity contribution is -0.221. The number of carbonyl (C=O) groups excluding carboxylic acids is 1. The Hall–Kier alpha value is -1.65. The number of hydrazine groups is 1. The van der Waals surface area contributed by atoms with E-state index in [1.54, 1.807) is 12.1 Å². The van der Waals surface area contributed by atoms with Crippen LogP contribution in [0.2, 0.25) is 0 Å². The second kappa shape index (κ2) is 6.83. The van der Waals surface area contributed by atoms with Gasteiger partial charge in [0.1, 0.15) is 6.61 Å². The zero-order valence-electron chi connectivity index (χ0n) is 8.70. The molecule has 0 radical (unpaired) electrons. The van der Waals surface area contributed by atoms with Crippen LogP contribution >= 0.6 is 0 Å². The summed E-state index contributed by atoms with van der Waals surface area (Å²) in [5.41, 5.74) is 2.89. The van der Waals surface area contributed by atoms with Gasteiger partial charge in [-0.25, -0.2) is 10.6 Å². The summed E-state index contributed by atoms with van der Waals surface area (Å²) >= 11 is 0. The SMILES string of the molecule is NNC(=O)OCc1ccc(B(OO)OO)cc1. The quantitative estimate of drug-likeness (QED) is 0.180. The number of nitrogens with two attached hydrogens (primary N) is 1. The van der Waals surface area contributed by atoms with Crippen LogP contribution in [0.15, 0.2) is 24.3 Å². The van der Waals surface area contributed by atoms with E-state index in [4.69, 9.17) is 21.1 Å². The first-order valence-electron chi connectivity index (χ1n) is 4.54. The second-order valence-electron chi connectivity index (χ2n) is 3.00. The average molecular weight is 242 g/mol. The summed E-state index contributed by atoms with van der Waals surface area (Å²) in [7, 11) is -1.28. The van der Waals surface area contributed by atoms with Gasteiger partial charge in [0.25, 0.3) is 0 Å². The van der Waals surface area contributed by atoms with E-state index < -0.39 is 13.2 Å². The number of amides is 1. The number of hydrogen-bond acceptors (Lipinski definition) is 7. The van der Waals surface area contributed by atoms with Crippen LogP contribution < -0.4 is 16.7 Å². The summed E-state index contributed by atoms with van der Waals surface area (Å²) in [4.78, 5) is 18.4. The molecule has 1 aromatic rings. The molecule has 0 unspecified atom stereocenters.